The number of aromatic nitrogens is 1. The Balaban J connectivity index is 1.66. The number of hydrogen-bond acceptors (Lipinski definition) is 4. The van der Waals surface area contributed by atoms with Crippen LogP contribution in [0.2, 0.25) is 10.0 Å². The van der Waals surface area contributed by atoms with E-state index in [4.69, 9.17) is 23.2 Å². The van der Waals surface area contributed by atoms with Crippen molar-refractivity contribution in [2.24, 2.45) is 0 Å². The number of carbonyl (C=O) groups excluding carboxylic acids is 1. The zero-order valence-electron chi connectivity index (χ0n) is 18.3. The van der Waals surface area contributed by atoms with Crippen LogP contribution in [0.15, 0.2) is 73.1 Å². The molecule has 1 aliphatic rings. The molecule has 3 aromatic rings. The number of aliphatic hydroxyl groups is 1. The molecule has 0 saturated carbocycles. The molecule has 1 amide bonds. The number of amides is 1. The van der Waals surface area contributed by atoms with Gasteiger partial charge < -0.3 is 10.0 Å². The third kappa shape index (κ3) is 6.33. The van der Waals surface area contributed by atoms with Crippen LogP contribution >= 0.6 is 23.2 Å². The summed E-state index contributed by atoms with van der Waals surface area (Å²) < 4.78 is 0. The van der Waals surface area contributed by atoms with Gasteiger partial charge in [-0.15, -0.1) is 0 Å². The number of pyridine rings is 1. The number of aliphatic hydroxyl groups excluding tert-OH is 1. The Morgan fingerprint density at radius 1 is 1.09 bits per heavy atom. The summed E-state index contributed by atoms with van der Waals surface area (Å²) in [5, 5.41) is 11.0. The molecule has 5 nitrogen and oxygen atoms in total. The second-order valence-electron chi connectivity index (χ2n) is 8.44. The highest BCUT2D eigenvalue weighted by Gasteiger charge is 2.30. The number of hydrogen-bond donors (Lipinski definition) is 1. The summed E-state index contributed by atoms with van der Waals surface area (Å²) in [6, 6.07) is 19.1. The van der Waals surface area contributed by atoms with Crippen molar-refractivity contribution in [3.63, 3.8) is 0 Å². The van der Waals surface area contributed by atoms with Crippen molar-refractivity contribution in [2.75, 3.05) is 19.6 Å². The van der Waals surface area contributed by atoms with E-state index in [0.29, 0.717) is 29.7 Å². The summed E-state index contributed by atoms with van der Waals surface area (Å²) >= 11 is 12.3. The molecule has 2 atom stereocenters. The molecule has 0 aliphatic carbocycles. The number of likely N-dealkylation sites (tertiary alicyclic amines) is 1. The Morgan fingerprint density at radius 3 is 2.58 bits per heavy atom. The lowest BCUT2D eigenvalue weighted by Gasteiger charge is -2.35. The predicted molar refractivity (Wildman–Crippen MR) is 131 cm³/mol. The van der Waals surface area contributed by atoms with Crippen LogP contribution in [0.4, 0.5) is 0 Å². The average molecular weight is 484 g/mol. The van der Waals surface area contributed by atoms with E-state index in [9.17, 15) is 9.90 Å². The lowest BCUT2D eigenvalue weighted by Crippen LogP contribution is -2.41. The fourth-order valence-electron chi connectivity index (χ4n) is 4.27. The lowest BCUT2D eigenvalue weighted by atomic mass is 10.0. The zero-order chi connectivity index (χ0) is 23.2. The van der Waals surface area contributed by atoms with Gasteiger partial charge in [0.2, 0.25) is 5.91 Å². The normalized spacial score (nSPS) is 17.1. The quantitative estimate of drug-likeness (QED) is 0.501. The van der Waals surface area contributed by atoms with Crippen molar-refractivity contribution in [1.29, 1.82) is 0 Å². The Bertz CT molecular complexity index is 1070. The highest BCUT2D eigenvalue weighted by atomic mass is 35.5. The van der Waals surface area contributed by atoms with E-state index in [-0.39, 0.29) is 24.5 Å². The van der Waals surface area contributed by atoms with Crippen LogP contribution in [-0.2, 0) is 17.8 Å². The van der Waals surface area contributed by atoms with E-state index >= 15 is 0 Å². The first kappa shape index (κ1) is 23.7. The standard InChI is InChI=1S/C26H27Cl2N3O2/c27-23-9-8-19(13-24(23)28)14-26(33)31(16-20-5-4-11-29-15-20)25(21-6-2-1-3-7-21)18-30-12-10-22(32)17-30/h1-9,11,13,15,22,25,32H,10,12,14,16-18H2. The Labute approximate surface area is 204 Å². The number of nitrogens with zero attached hydrogens (tertiary/aromatic N) is 3. The van der Waals surface area contributed by atoms with Crippen molar-refractivity contribution in [2.45, 2.75) is 31.5 Å². The molecular weight excluding hydrogens is 457 g/mol. The molecule has 2 aromatic carbocycles. The third-order valence-corrected chi connectivity index (χ3v) is 6.71. The number of benzene rings is 2. The maximum absolute atomic E-state index is 13.7. The first-order chi connectivity index (χ1) is 16.0. The van der Waals surface area contributed by atoms with Crippen LogP contribution in [0.25, 0.3) is 0 Å². The van der Waals surface area contributed by atoms with Crippen LogP contribution in [0.5, 0.6) is 0 Å². The zero-order valence-corrected chi connectivity index (χ0v) is 19.8. The Hall–Kier alpha value is -2.44. The van der Waals surface area contributed by atoms with E-state index in [0.717, 1.165) is 29.7 Å². The third-order valence-electron chi connectivity index (χ3n) is 5.97. The van der Waals surface area contributed by atoms with Crippen molar-refractivity contribution < 1.29 is 9.90 Å². The molecular formula is C26H27Cl2N3O2. The van der Waals surface area contributed by atoms with Gasteiger partial charge in [0.25, 0.3) is 0 Å². The summed E-state index contributed by atoms with van der Waals surface area (Å²) in [5.74, 6) is -0.00848. The van der Waals surface area contributed by atoms with Crippen LogP contribution in [0, 0.1) is 0 Å². The second kappa shape index (κ2) is 11.1. The van der Waals surface area contributed by atoms with Crippen molar-refractivity contribution in [1.82, 2.24) is 14.8 Å². The maximum Gasteiger partial charge on any atom is 0.227 e. The van der Waals surface area contributed by atoms with Gasteiger partial charge in [0.1, 0.15) is 0 Å². The topological polar surface area (TPSA) is 56.7 Å². The lowest BCUT2D eigenvalue weighted by molar-refractivity contribution is -0.134. The summed E-state index contributed by atoms with van der Waals surface area (Å²) in [4.78, 5) is 22.1. The molecule has 2 unspecified atom stereocenters. The molecule has 1 fully saturated rings. The van der Waals surface area contributed by atoms with Crippen molar-refractivity contribution >= 4 is 29.1 Å². The summed E-state index contributed by atoms with van der Waals surface area (Å²) in [6.45, 7) is 2.51. The van der Waals surface area contributed by atoms with Gasteiger partial charge in [-0.2, -0.15) is 0 Å². The van der Waals surface area contributed by atoms with E-state index in [1.807, 2.05) is 41.3 Å². The van der Waals surface area contributed by atoms with Crippen LogP contribution in [0.3, 0.4) is 0 Å². The summed E-state index contributed by atoms with van der Waals surface area (Å²) in [7, 11) is 0. The Kier molecular flexibility index (Phi) is 7.99. The highest BCUT2D eigenvalue weighted by Crippen LogP contribution is 2.28. The van der Waals surface area contributed by atoms with E-state index in [2.05, 4.69) is 22.0 Å². The largest absolute Gasteiger partial charge is 0.392 e. The van der Waals surface area contributed by atoms with Gasteiger partial charge in [0, 0.05) is 38.6 Å². The molecule has 172 valence electrons. The molecule has 0 spiro atoms. The Morgan fingerprint density at radius 2 is 1.91 bits per heavy atom. The average Bonchev–Trinajstić information content (AvgIpc) is 3.24. The molecule has 1 aliphatic heterocycles. The maximum atomic E-state index is 13.7. The minimum Gasteiger partial charge on any atom is -0.392 e. The number of carbonyl (C=O) groups is 1. The molecule has 1 saturated heterocycles. The fourth-order valence-corrected chi connectivity index (χ4v) is 4.59. The summed E-state index contributed by atoms with van der Waals surface area (Å²) in [6.07, 6.45) is 4.16. The molecule has 0 bridgehead atoms. The van der Waals surface area contributed by atoms with Crippen LogP contribution < -0.4 is 0 Å². The fraction of sp³-hybridized carbons (Fsp3) is 0.308. The highest BCUT2D eigenvalue weighted by molar-refractivity contribution is 6.42. The van der Waals surface area contributed by atoms with Gasteiger partial charge in [0.15, 0.2) is 0 Å². The van der Waals surface area contributed by atoms with Crippen LogP contribution in [0.1, 0.15) is 29.2 Å². The minimum atomic E-state index is -0.319. The number of rotatable bonds is 8. The molecule has 7 heteroatoms. The van der Waals surface area contributed by atoms with Gasteiger partial charge in [0.05, 0.1) is 28.6 Å². The molecule has 4 rings (SSSR count). The van der Waals surface area contributed by atoms with Crippen molar-refractivity contribution in [3.05, 3.63) is 99.8 Å². The molecule has 1 N–H and O–H groups in total. The molecule has 2 heterocycles. The van der Waals surface area contributed by atoms with Crippen molar-refractivity contribution in [3.8, 4) is 0 Å². The minimum absolute atomic E-state index is 0.00848. The van der Waals surface area contributed by atoms with E-state index in [1.54, 1.807) is 24.5 Å². The monoisotopic (exact) mass is 483 g/mol. The molecule has 0 radical (unpaired) electrons. The first-order valence-corrected chi connectivity index (χ1v) is 11.8. The van der Waals surface area contributed by atoms with Gasteiger partial charge in [-0.1, -0.05) is 65.7 Å². The summed E-state index contributed by atoms with van der Waals surface area (Å²) in [5.41, 5.74) is 2.83. The van der Waals surface area contributed by atoms with Gasteiger partial charge in [-0.25, -0.2) is 0 Å². The van der Waals surface area contributed by atoms with E-state index in [1.165, 1.54) is 0 Å². The van der Waals surface area contributed by atoms with Gasteiger partial charge in [-0.05, 0) is 41.3 Å². The number of β-amino-alcohol motifs (C(OH)–C–C–N with tert-alkyl or cyclic N) is 1. The molecule has 33 heavy (non-hydrogen) atoms. The van der Waals surface area contributed by atoms with E-state index < -0.39 is 0 Å². The van der Waals surface area contributed by atoms with Gasteiger partial charge in [-0.3, -0.25) is 14.7 Å². The SMILES string of the molecule is O=C(Cc1ccc(Cl)c(Cl)c1)N(Cc1cccnc1)C(CN1CCC(O)C1)c1ccccc1. The van der Waals surface area contributed by atoms with Gasteiger partial charge >= 0.3 is 0 Å². The predicted octanol–water partition coefficient (Wildman–Crippen LogP) is 4.77. The van der Waals surface area contributed by atoms with Crippen LogP contribution in [-0.4, -0.2) is 51.5 Å². The first-order valence-electron chi connectivity index (χ1n) is 11.1. The number of halogens is 2. The second-order valence-corrected chi connectivity index (χ2v) is 9.25. The molecule has 1 aromatic heterocycles. The smallest absolute Gasteiger partial charge is 0.227 e.